The number of halogens is 2. The predicted molar refractivity (Wildman–Crippen MR) is 112 cm³/mol. The normalized spacial score (nSPS) is 14.9. The van der Waals surface area contributed by atoms with Gasteiger partial charge in [0.25, 0.3) is 5.91 Å². The van der Waals surface area contributed by atoms with Gasteiger partial charge in [0.1, 0.15) is 0 Å². The van der Waals surface area contributed by atoms with E-state index in [2.05, 4.69) is 32.8 Å². The smallest absolute Gasteiger partial charge is 0.255 e. The number of piperazine rings is 1. The molecular weight excluding hydrogens is 465 g/mol. The number of carbonyl (C=O) groups is 2. The average molecular weight is 484 g/mol. The number of anilines is 1. The molecule has 136 valence electrons. The van der Waals surface area contributed by atoms with E-state index in [4.69, 9.17) is 11.6 Å². The molecule has 2 amide bonds. The fraction of sp³-hybridized carbons (Fsp3) is 0.263. The lowest BCUT2D eigenvalue weighted by Gasteiger charge is -2.34. The van der Waals surface area contributed by atoms with Gasteiger partial charge in [-0.2, -0.15) is 0 Å². The maximum absolute atomic E-state index is 12.6. The molecule has 0 bridgehead atoms. The van der Waals surface area contributed by atoms with Gasteiger partial charge in [0.2, 0.25) is 5.91 Å². The zero-order chi connectivity index (χ0) is 18.5. The average Bonchev–Trinajstić information content (AvgIpc) is 2.62. The summed E-state index contributed by atoms with van der Waals surface area (Å²) in [6.45, 7) is 2.81. The summed E-state index contributed by atoms with van der Waals surface area (Å²) in [6.07, 6.45) is 0. The van der Waals surface area contributed by atoms with Crippen molar-refractivity contribution >= 4 is 51.7 Å². The number of nitrogens with zero attached hydrogens (tertiary/aromatic N) is 2. The van der Waals surface area contributed by atoms with Crippen LogP contribution >= 0.6 is 34.2 Å². The van der Waals surface area contributed by atoms with Gasteiger partial charge < -0.3 is 10.2 Å². The van der Waals surface area contributed by atoms with Crippen molar-refractivity contribution in [1.82, 2.24) is 9.80 Å². The minimum atomic E-state index is -0.0569. The molecule has 2 aromatic carbocycles. The summed E-state index contributed by atoms with van der Waals surface area (Å²) in [6, 6.07) is 14.8. The van der Waals surface area contributed by atoms with E-state index >= 15 is 0 Å². The largest absolute Gasteiger partial charge is 0.336 e. The second-order valence-electron chi connectivity index (χ2n) is 6.11. The topological polar surface area (TPSA) is 52.7 Å². The van der Waals surface area contributed by atoms with Gasteiger partial charge in [-0.05, 0) is 52.9 Å². The third-order valence-corrected chi connectivity index (χ3v) is 5.24. The van der Waals surface area contributed by atoms with Crippen LogP contribution in [-0.4, -0.2) is 54.3 Å². The Bertz CT molecular complexity index is 807. The molecule has 0 saturated carbocycles. The van der Waals surface area contributed by atoms with Crippen molar-refractivity contribution in [1.29, 1.82) is 0 Å². The number of hydrogen-bond donors (Lipinski definition) is 1. The highest BCUT2D eigenvalue weighted by atomic mass is 127. The first-order chi connectivity index (χ1) is 12.5. The fourth-order valence-corrected chi connectivity index (χ4v) is 3.64. The van der Waals surface area contributed by atoms with Crippen molar-refractivity contribution in [2.24, 2.45) is 0 Å². The van der Waals surface area contributed by atoms with Crippen LogP contribution in [0.2, 0.25) is 5.02 Å². The number of nitrogens with one attached hydrogen (secondary N) is 1. The summed E-state index contributed by atoms with van der Waals surface area (Å²) in [7, 11) is 0. The lowest BCUT2D eigenvalue weighted by molar-refractivity contribution is -0.117. The molecule has 1 fully saturated rings. The van der Waals surface area contributed by atoms with E-state index in [1.807, 2.05) is 36.4 Å². The minimum Gasteiger partial charge on any atom is -0.336 e. The fourth-order valence-electron chi connectivity index (χ4n) is 2.88. The Kier molecular flexibility index (Phi) is 6.50. The van der Waals surface area contributed by atoms with Gasteiger partial charge >= 0.3 is 0 Å². The van der Waals surface area contributed by atoms with E-state index in [-0.39, 0.29) is 11.8 Å². The highest BCUT2D eigenvalue weighted by Crippen LogP contribution is 2.18. The molecule has 0 aromatic heterocycles. The number of rotatable bonds is 4. The van der Waals surface area contributed by atoms with Gasteiger partial charge in [0.15, 0.2) is 0 Å². The molecule has 1 aliphatic heterocycles. The maximum atomic E-state index is 12.6. The van der Waals surface area contributed by atoms with Crippen molar-refractivity contribution in [2.75, 3.05) is 38.0 Å². The molecule has 1 saturated heterocycles. The summed E-state index contributed by atoms with van der Waals surface area (Å²) >= 11 is 8.33. The van der Waals surface area contributed by atoms with E-state index in [9.17, 15) is 9.59 Å². The van der Waals surface area contributed by atoms with Crippen LogP contribution in [0.3, 0.4) is 0 Å². The van der Waals surface area contributed by atoms with Gasteiger partial charge in [-0.1, -0.05) is 29.8 Å². The van der Waals surface area contributed by atoms with Crippen LogP contribution in [0, 0.1) is 3.57 Å². The number of carbonyl (C=O) groups excluding carboxylic acids is 2. The van der Waals surface area contributed by atoms with Crippen LogP contribution in [-0.2, 0) is 4.79 Å². The minimum absolute atomic E-state index is 0.0436. The second kappa shape index (κ2) is 8.83. The molecule has 0 atom stereocenters. The third-order valence-electron chi connectivity index (χ3n) is 4.24. The van der Waals surface area contributed by atoms with Gasteiger partial charge in [-0.3, -0.25) is 14.5 Å². The van der Waals surface area contributed by atoms with E-state index in [1.165, 1.54) is 0 Å². The van der Waals surface area contributed by atoms with Gasteiger partial charge in [-0.25, -0.2) is 0 Å². The maximum Gasteiger partial charge on any atom is 0.255 e. The monoisotopic (exact) mass is 483 g/mol. The Balaban J connectivity index is 1.50. The Morgan fingerprint density at radius 3 is 2.46 bits per heavy atom. The first-order valence-electron chi connectivity index (χ1n) is 8.34. The van der Waals surface area contributed by atoms with Gasteiger partial charge in [0, 0.05) is 35.4 Å². The van der Waals surface area contributed by atoms with Crippen molar-refractivity contribution in [3.05, 3.63) is 62.7 Å². The van der Waals surface area contributed by atoms with E-state index < -0.39 is 0 Å². The van der Waals surface area contributed by atoms with E-state index in [0.717, 1.165) is 9.26 Å². The van der Waals surface area contributed by atoms with Crippen molar-refractivity contribution < 1.29 is 9.59 Å². The van der Waals surface area contributed by atoms with E-state index in [0.29, 0.717) is 43.3 Å². The molecular formula is C19H19ClIN3O2. The molecule has 7 heteroatoms. The molecule has 1 aliphatic rings. The zero-order valence-electron chi connectivity index (χ0n) is 14.1. The summed E-state index contributed by atoms with van der Waals surface area (Å²) in [5.41, 5.74) is 1.33. The zero-order valence-corrected chi connectivity index (χ0v) is 17.0. The Labute approximate surface area is 171 Å². The highest BCUT2D eigenvalue weighted by molar-refractivity contribution is 14.1. The quantitative estimate of drug-likeness (QED) is 0.679. The van der Waals surface area contributed by atoms with Crippen molar-refractivity contribution in [3.63, 3.8) is 0 Å². The second-order valence-corrected chi connectivity index (χ2v) is 7.76. The highest BCUT2D eigenvalue weighted by Gasteiger charge is 2.24. The lowest BCUT2D eigenvalue weighted by atomic mass is 10.2. The van der Waals surface area contributed by atoms with Crippen LogP contribution in [0.25, 0.3) is 0 Å². The summed E-state index contributed by atoms with van der Waals surface area (Å²) in [5.74, 6) is -0.101. The molecule has 1 N–H and O–H groups in total. The molecule has 0 spiro atoms. The molecule has 3 rings (SSSR count). The molecule has 26 heavy (non-hydrogen) atoms. The van der Waals surface area contributed by atoms with Gasteiger partial charge in [-0.15, -0.1) is 0 Å². The molecule has 0 aliphatic carbocycles. The Hall–Kier alpha value is -1.64. The van der Waals surface area contributed by atoms with Crippen LogP contribution in [0.15, 0.2) is 48.5 Å². The molecule has 1 heterocycles. The van der Waals surface area contributed by atoms with Crippen LogP contribution in [0.5, 0.6) is 0 Å². The standard InChI is InChI=1S/C19H19ClIN3O2/c20-17-7-2-1-6-16(17)19(26)24-10-8-23(9-11-24)13-18(25)22-15-5-3-4-14(21)12-15/h1-7,12H,8-11,13H2,(H,22,25). The molecule has 0 radical (unpaired) electrons. The lowest BCUT2D eigenvalue weighted by Crippen LogP contribution is -2.50. The summed E-state index contributed by atoms with van der Waals surface area (Å²) in [4.78, 5) is 28.6. The predicted octanol–water partition coefficient (Wildman–Crippen LogP) is 3.34. The molecule has 5 nitrogen and oxygen atoms in total. The van der Waals surface area contributed by atoms with Crippen LogP contribution < -0.4 is 5.32 Å². The Morgan fingerprint density at radius 2 is 1.77 bits per heavy atom. The van der Waals surface area contributed by atoms with Gasteiger partial charge in [0.05, 0.1) is 17.1 Å². The van der Waals surface area contributed by atoms with E-state index in [1.54, 1.807) is 17.0 Å². The van der Waals surface area contributed by atoms with Crippen molar-refractivity contribution in [2.45, 2.75) is 0 Å². The Morgan fingerprint density at radius 1 is 1.04 bits per heavy atom. The first kappa shape index (κ1) is 19.1. The number of hydrogen-bond acceptors (Lipinski definition) is 3. The summed E-state index contributed by atoms with van der Waals surface area (Å²) < 4.78 is 1.08. The number of benzene rings is 2. The van der Waals surface area contributed by atoms with Crippen LogP contribution in [0.4, 0.5) is 5.69 Å². The molecule has 2 aromatic rings. The van der Waals surface area contributed by atoms with Crippen LogP contribution in [0.1, 0.15) is 10.4 Å². The first-order valence-corrected chi connectivity index (χ1v) is 9.80. The summed E-state index contributed by atoms with van der Waals surface area (Å²) in [5, 5.41) is 3.38. The third kappa shape index (κ3) is 4.96. The SMILES string of the molecule is O=C(CN1CCN(C(=O)c2ccccc2Cl)CC1)Nc1cccc(I)c1. The van der Waals surface area contributed by atoms with Crippen molar-refractivity contribution in [3.8, 4) is 0 Å². The number of amides is 2. The molecule has 0 unspecified atom stereocenters.